The molecule has 0 aliphatic carbocycles. The second-order valence-corrected chi connectivity index (χ2v) is 11.8. The van der Waals surface area contributed by atoms with Crippen LogP contribution in [-0.4, -0.2) is 35.5 Å². The summed E-state index contributed by atoms with van der Waals surface area (Å²) >= 11 is 0. The van der Waals surface area contributed by atoms with Crippen LogP contribution in [-0.2, 0) is 12.1 Å². The average molecular weight is 588 g/mol. The van der Waals surface area contributed by atoms with E-state index in [2.05, 4.69) is 52.2 Å². The number of hydrogen-bond donors (Lipinski definition) is 1. The van der Waals surface area contributed by atoms with Crippen molar-refractivity contribution in [1.82, 2.24) is 15.3 Å². The number of anilines is 1. The van der Waals surface area contributed by atoms with Crippen molar-refractivity contribution in [3.63, 3.8) is 0 Å². The van der Waals surface area contributed by atoms with Gasteiger partial charge in [-0.15, -0.1) is 0 Å². The molecule has 7 nitrogen and oxygen atoms in total. The Morgan fingerprint density at radius 3 is 2.45 bits per heavy atom. The predicted octanol–water partition coefficient (Wildman–Crippen LogP) is 7.32. The Kier molecular flexibility index (Phi) is 8.12. The summed E-state index contributed by atoms with van der Waals surface area (Å²) in [5, 5.41) is 12.6. The molecule has 3 aromatic carbocycles. The number of rotatable bonds is 8. The second-order valence-electron chi connectivity index (χ2n) is 11.8. The van der Waals surface area contributed by atoms with E-state index in [1.807, 2.05) is 42.5 Å². The standard InChI is InChI=1S/C36H34FN5O2/c1-24(2)30-18-26(21-38)19-31-33(30)44-35(41-31)28-11-9-27(10-12-28)34(43)40-23-36(29-6-4-3-5-7-29)14-16-42(17-15-36)32-13-8-25(20-37)22-39-32/h3-13,18-19,22,24H,14-17,20,23H2,1-2H3,(H,40,43). The summed E-state index contributed by atoms with van der Waals surface area (Å²) in [5.74, 6) is 1.33. The summed E-state index contributed by atoms with van der Waals surface area (Å²) in [4.78, 5) is 24.7. The molecule has 44 heavy (non-hydrogen) atoms. The highest BCUT2D eigenvalue weighted by molar-refractivity contribution is 5.94. The van der Waals surface area contributed by atoms with Gasteiger partial charge in [-0.25, -0.2) is 14.4 Å². The molecule has 1 aliphatic heterocycles. The average Bonchev–Trinajstić information content (AvgIpc) is 3.51. The van der Waals surface area contributed by atoms with Crippen LogP contribution in [0, 0.1) is 11.3 Å². The Bertz CT molecular complexity index is 1800. The number of fused-ring (bicyclic) bond motifs is 1. The maximum Gasteiger partial charge on any atom is 0.251 e. The highest BCUT2D eigenvalue weighted by Gasteiger charge is 2.37. The van der Waals surface area contributed by atoms with Gasteiger partial charge in [0.05, 0.1) is 11.6 Å². The number of halogens is 1. The van der Waals surface area contributed by atoms with Gasteiger partial charge in [0.25, 0.3) is 5.91 Å². The molecule has 222 valence electrons. The molecular formula is C36H34FN5O2. The molecule has 0 spiro atoms. The van der Waals surface area contributed by atoms with Gasteiger partial charge in [0.1, 0.15) is 18.0 Å². The van der Waals surface area contributed by atoms with Crippen molar-refractivity contribution in [3.8, 4) is 17.5 Å². The number of pyridine rings is 1. The van der Waals surface area contributed by atoms with E-state index in [9.17, 15) is 14.4 Å². The SMILES string of the molecule is CC(C)c1cc(C#N)cc2nc(-c3ccc(C(=O)NCC4(c5ccccc5)CCN(c5ccc(CF)cn5)CC4)cc3)oc12. The van der Waals surface area contributed by atoms with Gasteiger partial charge in [-0.1, -0.05) is 50.2 Å². The Morgan fingerprint density at radius 2 is 1.82 bits per heavy atom. The lowest BCUT2D eigenvalue weighted by atomic mass is 9.72. The fourth-order valence-electron chi connectivity index (χ4n) is 6.00. The number of nitriles is 1. The molecule has 1 amide bonds. The number of carbonyl (C=O) groups is 1. The van der Waals surface area contributed by atoms with E-state index in [1.54, 1.807) is 30.5 Å². The first-order chi connectivity index (χ1) is 21.4. The fraction of sp³-hybridized carbons (Fsp3) is 0.278. The molecule has 0 radical (unpaired) electrons. The van der Waals surface area contributed by atoms with Crippen molar-refractivity contribution in [2.75, 3.05) is 24.5 Å². The minimum Gasteiger partial charge on any atom is -0.436 e. The van der Waals surface area contributed by atoms with Gasteiger partial charge in [0.2, 0.25) is 5.89 Å². The van der Waals surface area contributed by atoms with Crippen LogP contribution >= 0.6 is 0 Å². The van der Waals surface area contributed by atoms with Gasteiger partial charge in [0.15, 0.2) is 5.58 Å². The van der Waals surface area contributed by atoms with Gasteiger partial charge >= 0.3 is 0 Å². The number of carbonyl (C=O) groups excluding carboxylic acids is 1. The van der Waals surface area contributed by atoms with E-state index < -0.39 is 6.67 Å². The first kappa shape index (κ1) is 29.1. The Morgan fingerprint density at radius 1 is 1.07 bits per heavy atom. The van der Waals surface area contributed by atoms with E-state index in [4.69, 9.17) is 4.42 Å². The van der Waals surface area contributed by atoms with Gasteiger partial charge < -0.3 is 14.6 Å². The summed E-state index contributed by atoms with van der Waals surface area (Å²) < 4.78 is 19.1. The van der Waals surface area contributed by atoms with Gasteiger partial charge in [-0.3, -0.25) is 4.79 Å². The van der Waals surface area contributed by atoms with Crippen LogP contribution < -0.4 is 10.2 Å². The highest BCUT2D eigenvalue weighted by atomic mass is 19.1. The van der Waals surface area contributed by atoms with Crippen molar-refractivity contribution in [1.29, 1.82) is 5.26 Å². The van der Waals surface area contributed by atoms with Crippen molar-refractivity contribution < 1.29 is 13.6 Å². The highest BCUT2D eigenvalue weighted by Crippen LogP contribution is 2.37. The molecule has 1 saturated heterocycles. The van der Waals surface area contributed by atoms with E-state index in [1.165, 1.54) is 5.56 Å². The lowest BCUT2D eigenvalue weighted by Gasteiger charge is -2.43. The molecular weight excluding hydrogens is 553 g/mol. The van der Waals surface area contributed by atoms with Gasteiger partial charge in [0, 0.05) is 53.5 Å². The van der Waals surface area contributed by atoms with Crippen LogP contribution in [0.1, 0.15) is 65.2 Å². The van der Waals surface area contributed by atoms with E-state index in [-0.39, 0.29) is 17.2 Å². The first-order valence-corrected chi connectivity index (χ1v) is 14.9. The molecule has 1 aliphatic rings. The molecule has 0 bridgehead atoms. The fourth-order valence-corrected chi connectivity index (χ4v) is 6.00. The molecule has 0 atom stereocenters. The number of benzene rings is 3. The largest absolute Gasteiger partial charge is 0.436 e. The lowest BCUT2D eigenvalue weighted by molar-refractivity contribution is 0.0939. The van der Waals surface area contributed by atoms with E-state index >= 15 is 0 Å². The minimum atomic E-state index is -0.521. The topological polar surface area (TPSA) is 95.0 Å². The maximum absolute atomic E-state index is 13.4. The molecule has 2 aromatic heterocycles. The molecule has 1 N–H and O–H groups in total. The van der Waals surface area contributed by atoms with E-state index in [0.717, 1.165) is 42.9 Å². The number of piperidine rings is 1. The third kappa shape index (κ3) is 5.78. The molecule has 5 aromatic rings. The van der Waals surface area contributed by atoms with Crippen molar-refractivity contribution >= 4 is 22.8 Å². The third-order valence-electron chi connectivity index (χ3n) is 8.65. The number of nitrogens with zero attached hydrogens (tertiary/aromatic N) is 4. The van der Waals surface area contributed by atoms with Crippen molar-refractivity contribution in [3.05, 3.63) is 113 Å². The zero-order valence-corrected chi connectivity index (χ0v) is 24.9. The molecule has 6 rings (SSSR count). The molecule has 8 heteroatoms. The summed E-state index contributed by atoms with van der Waals surface area (Å²) in [6, 6.07) is 27.1. The molecule has 0 saturated carbocycles. The van der Waals surface area contributed by atoms with Crippen LogP contribution in [0.25, 0.3) is 22.6 Å². The van der Waals surface area contributed by atoms with E-state index in [0.29, 0.717) is 40.2 Å². The quantitative estimate of drug-likeness (QED) is 0.204. The van der Waals surface area contributed by atoms with Crippen LogP contribution in [0.5, 0.6) is 0 Å². The second kappa shape index (κ2) is 12.3. The van der Waals surface area contributed by atoms with Gasteiger partial charge in [-0.2, -0.15) is 5.26 Å². The Hall–Kier alpha value is -5.03. The monoisotopic (exact) mass is 587 g/mol. The summed E-state index contributed by atoms with van der Waals surface area (Å²) in [6.07, 6.45) is 3.27. The maximum atomic E-state index is 13.4. The minimum absolute atomic E-state index is 0.143. The van der Waals surface area contributed by atoms with Crippen LogP contribution in [0.2, 0.25) is 0 Å². The van der Waals surface area contributed by atoms with Crippen LogP contribution in [0.4, 0.5) is 10.2 Å². The summed E-state index contributed by atoms with van der Waals surface area (Å²) in [6.45, 7) is 5.65. The third-order valence-corrected chi connectivity index (χ3v) is 8.65. The Labute approximate surface area is 256 Å². The number of amides is 1. The van der Waals surface area contributed by atoms with Crippen molar-refractivity contribution in [2.45, 2.75) is 44.7 Å². The summed E-state index contributed by atoms with van der Waals surface area (Å²) in [5.41, 5.74) is 5.69. The number of oxazole rings is 1. The molecule has 3 heterocycles. The normalized spacial score (nSPS) is 14.5. The lowest BCUT2D eigenvalue weighted by Crippen LogP contribution is -2.49. The number of nitrogens with one attached hydrogen (secondary N) is 1. The van der Waals surface area contributed by atoms with Gasteiger partial charge in [-0.05, 0) is 66.8 Å². The first-order valence-electron chi connectivity index (χ1n) is 14.9. The van der Waals surface area contributed by atoms with Crippen LogP contribution in [0.3, 0.4) is 0 Å². The Balaban J connectivity index is 1.17. The number of hydrogen-bond acceptors (Lipinski definition) is 6. The number of aromatic nitrogens is 2. The zero-order chi connectivity index (χ0) is 30.7. The molecule has 1 fully saturated rings. The number of alkyl halides is 1. The molecule has 0 unspecified atom stereocenters. The van der Waals surface area contributed by atoms with Crippen LogP contribution in [0.15, 0.2) is 89.5 Å². The van der Waals surface area contributed by atoms with Crippen molar-refractivity contribution in [2.24, 2.45) is 0 Å². The predicted molar refractivity (Wildman–Crippen MR) is 169 cm³/mol. The smallest absolute Gasteiger partial charge is 0.251 e. The zero-order valence-electron chi connectivity index (χ0n) is 24.9. The summed E-state index contributed by atoms with van der Waals surface area (Å²) in [7, 11) is 0.